The number of rotatable bonds is 6. The third-order valence-electron chi connectivity index (χ3n) is 4.99. The van der Waals surface area contributed by atoms with E-state index >= 15 is 0 Å². The first-order valence-corrected chi connectivity index (χ1v) is 9.51. The van der Waals surface area contributed by atoms with Crippen LogP contribution in [0.5, 0.6) is 5.75 Å². The zero-order chi connectivity index (χ0) is 19.3. The highest BCUT2D eigenvalue weighted by molar-refractivity contribution is 6.06. The number of hydrogen-bond acceptors (Lipinski definition) is 5. The molecule has 6 nitrogen and oxygen atoms in total. The molecule has 28 heavy (non-hydrogen) atoms. The van der Waals surface area contributed by atoms with Crippen LogP contribution in [0.2, 0.25) is 0 Å². The first-order valence-electron chi connectivity index (χ1n) is 9.51. The standard InChI is InChI=1S/C22H24N4O2/c1-26(11-12-28-17-7-3-2-4-8-17)22(27)19-13-21(16-14-23-24-15-16)25-20-10-6-5-9-18(19)20/h2-10,13,16,23-24H,11-12,14-15H2,1H3. The zero-order valence-corrected chi connectivity index (χ0v) is 15.9. The van der Waals surface area contributed by atoms with Crippen LogP contribution in [-0.4, -0.2) is 49.1 Å². The Morgan fingerprint density at radius 1 is 1.11 bits per heavy atom. The molecular weight excluding hydrogens is 352 g/mol. The molecule has 0 radical (unpaired) electrons. The van der Waals surface area contributed by atoms with Gasteiger partial charge in [-0.25, -0.2) is 0 Å². The molecule has 0 aliphatic carbocycles. The van der Waals surface area contributed by atoms with E-state index in [4.69, 9.17) is 9.72 Å². The average molecular weight is 376 g/mol. The maximum absolute atomic E-state index is 13.2. The Kier molecular flexibility index (Phi) is 5.50. The first-order chi connectivity index (χ1) is 13.7. The summed E-state index contributed by atoms with van der Waals surface area (Å²) >= 11 is 0. The van der Waals surface area contributed by atoms with Gasteiger partial charge in [-0.15, -0.1) is 0 Å². The molecule has 2 aromatic carbocycles. The van der Waals surface area contributed by atoms with Gasteiger partial charge in [-0.05, 0) is 24.3 Å². The molecule has 0 saturated carbocycles. The number of fused-ring (bicyclic) bond motifs is 1. The monoisotopic (exact) mass is 376 g/mol. The number of hydrogen-bond donors (Lipinski definition) is 2. The Balaban J connectivity index is 1.53. The summed E-state index contributed by atoms with van der Waals surface area (Å²) in [7, 11) is 1.81. The molecule has 0 unspecified atom stereocenters. The summed E-state index contributed by atoms with van der Waals surface area (Å²) in [5, 5.41) is 0.881. The molecule has 2 heterocycles. The van der Waals surface area contributed by atoms with Crippen LogP contribution in [0.25, 0.3) is 10.9 Å². The number of ether oxygens (including phenoxy) is 1. The lowest BCUT2D eigenvalue weighted by Crippen LogP contribution is -2.31. The lowest BCUT2D eigenvalue weighted by atomic mass is 10.0. The second-order valence-electron chi connectivity index (χ2n) is 6.96. The van der Waals surface area contributed by atoms with Gasteiger partial charge in [0.05, 0.1) is 17.6 Å². The fourth-order valence-electron chi connectivity index (χ4n) is 3.38. The lowest BCUT2D eigenvalue weighted by Gasteiger charge is -2.20. The predicted octanol–water partition coefficient (Wildman–Crippen LogP) is 2.58. The molecule has 144 valence electrons. The number of hydrazine groups is 1. The molecule has 1 saturated heterocycles. The number of likely N-dealkylation sites (N-methyl/N-ethyl adjacent to an activating group) is 1. The van der Waals surface area contributed by atoms with Crippen molar-refractivity contribution in [2.45, 2.75) is 5.92 Å². The maximum atomic E-state index is 13.2. The molecule has 3 aromatic rings. The first kappa shape index (κ1) is 18.4. The van der Waals surface area contributed by atoms with E-state index in [0.717, 1.165) is 35.4 Å². The largest absolute Gasteiger partial charge is 0.492 e. The summed E-state index contributed by atoms with van der Waals surface area (Å²) in [6.07, 6.45) is 0. The Labute approximate surface area is 164 Å². The number of aromatic nitrogens is 1. The van der Waals surface area contributed by atoms with Gasteiger partial charge >= 0.3 is 0 Å². The quantitative estimate of drug-likeness (QED) is 0.692. The van der Waals surface area contributed by atoms with Crippen molar-refractivity contribution in [1.29, 1.82) is 0 Å². The van der Waals surface area contributed by atoms with Crippen LogP contribution < -0.4 is 15.6 Å². The Bertz CT molecular complexity index is 955. The average Bonchev–Trinajstić information content (AvgIpc) is 3.28. The van der Waals surface area contributed by atoms with Crippen molar-refractivity contribution < 1.29 is 9.53 Å². The van der Waals surface area contributed by atoms with Gasteiger partial charge in [-0.2, -0.15) is 0 Å². The van der Waals surface area contributed by atoms with Crippen molar-refractivity contribution in [2.75, 3.05) is 33.3 Å². The topological polar surface area (TPSA) is 66.5 Å². The number of nitrogens with zero attached hydrogens (tertiary/aromatic N) is 2. The van der Waals surface area contributed by atoms with Gasteiger partial charge in [0, 0.05) is 37.1 Å². The van der Waals surface area contributed by atoms with Crippen molar-refractivity contribution in [2.24, 2.45) is 0 Å². The van der Waals surface area contributed by atoms with Crippen LogP contribution in [-0.2, 0) is 0 Å². The minimum Gasteiger partial charge on any atom is -0.492 e. The fourth-order valence-corrected chi connectivity index (χ4v) is 3.38. The molecule has 1 aromatic heterocycles. The zero-order valence-electron chi connectivity index (χ0n) is 15.9. The Hall–Kier alpha value is -2.96. The number of carbonyl (C=O) groups is 1. The number of para-hydroxylation sites is 2. The van der Waals surface area contributed by atoms with Gasteiger partial charge < -0.3 is 9.64 Å². The van der Waals surface area contributed by atoms with Crippen LogP contribution in [0.1, 0.15) is 22.0 Å². The van der Waals surface area contributed by atoms with Gasteiger partial charge in [-0.1, -0.05) is 36.4 Å². The summed E-state index contributed by atoms with van der Waals surface area (Å²) in [5.41, 5.74) is 8.74. The van der Waals surface area contributed by atoms with E-state index in [1.807, 2.05) is 67.7 Å². The van der Waals surface area contributed by atoms with E-state index in [1.165, 1.54) is 0 Å². The van der Waals surface area contributed by atoms with Crippen molar-refractivity contribution in [1.82, 2.24) is 20.7 Å². The highest BCUT2D eigenvalue weighted by Crippen LogP contribution is 2.24. The Morgan fingerprint density at radius 3 is 2.61 bits per heavy atom. The predicted molar refractivity (Wildman–Crippen MR) is 109 cm³/mol. The smallest absolute Gasteiger partial charge is 0.254 e. The third-order valence-corrected chi connectivity index (χ3v) is 4.99. The van der Waals surface area contributed by atoms with E-state index in [1.54, 1.807) is 4.90 Å². The molecule has 4 rings (SSSR count). The molecule has 1 fully saturated rings. The van der Waals surface area contributed by atoms with Gasteiger partial charge in [0.25, 0.3) is 5.91 Å². The molecule has 0 atom stereocenters. The normalized spacial score (nSPS) is 14.3. The maximum Gasteiger partial charge on any atom is 0.254 e. The van der Waals surface area contributed by atoms with Gasteiger partial charge in [0.2, 0.25) is 0 Å². The molecule has 1 amide bonds. The van der Waals surface area contributed by atoms with Gasteiger partial charge in [0.15, 0.2) is 0 Å². The van der Waals surface area contributed by atoms with E-state index in [0.29, 0.717) is 18.7 Å². The van der Waals surface area contributed by atoms with Crippen molar-refractivity contribution in [3.63, 3.8) is 0 Å². The molecular formula is C22H24N4O2. The molecule has 6 heteroatoms. The van der Waals surface area contributed by atoms with Crippen LogP contribution in [0, 0.1) is 0 Å². The summed E-state index contributed by atoms with van der Waals surface area (Å²) in [6, 6.07) is 19.4. The van der Waals surface area contributed by atoms with Crippen molar-refractivity contribution in [3.05, 3.63) is 71.9 Å². The number of carbonyl (C=O) groups excluding carboxylic acids is 1. The van der Waals surface area contributed by atoms with E-state index in [9.17, 15) is 4.79 Å². The van der Waals surface area contributed by atoms with Crippen LogP contribution in [0.3, 0.4) is 0 Å². The van der Waals surface area contributed by atoms with Gasteiger partial charge in [-0.3, -0.25) is 20.6 Å². The summed E-state index contributed by atoms with van der Waals surface area (Å²) in [6.45, 7) is 2.56. The van der Waals surface area contributed by atoms with Crippen LogP contribution >= 0.6 is 0 Å². The minimum absolute atomic E-state index is 0.0181. The summed E-state index contributed by atoms with van der Waals surface area (Å²) in [4.78, 5) is 19.7. The lowest BCUT2D eigenvalue weighted by molar-refractivity contribution is 0.0775. The number of nitrogens with one attached hydrogen (secondary N) is 2. The Morgan fingerprint density at radius 2 is 1.82 bits per heavy atom. The number of amides is 1. The molecule has 1 aliphatic rings. The second-order valence-corrected chi connectivity index (χ2v) is 6.96. The molecule has 2 N–H and O–H groups in total. The molecule has 1 aliphatic heterocycles. The highest BCUT2D eigenvalue weighted by atomic mass is 16.5. The van der Waals surface area contributed by atoms with Gasteiger partial charge in [0.1, 0.15) is 12.4 Å². The number of benzene rings is 2. The summed E-state index contributed by atoms with van der Waals surface area (Å²) < 4.78 is 5.73. The minimum atomic E-state index is -0.0181. The second kappa shape index (κ2) is 8.37. The summed E-state index contributed by atoms with van der Waals surface area (Å²) in [5.74, 6) is 1.04. The SMILES string of the molecule is CN(CCOc1ccccc1)C(=O)c1cc(C2CNNC2)nc2ccccc12. The number of pyridine rings is 1. The van der Waals surface area contributed by atoms with E-state index in [2.05, 4.69) is 10.9 Å². The fraction of sp³-hybridized carbons (Fsp3) is 0.273. The van der Waals surface area contributed by atoms with E-state index < -0.39 is 0 Å². The highest BCUT2D eigenvalue weighted by Gasteiger charge is 2.22. The molecule has 0 bridgehead atoms. The molecule has 0 spiro atoms. The van der Waals surface area contributed by atoms with Crippen molar-refractivity contribution in [3.8, 4) is 5.75 Å². The van der Waals surface area contributed by atoms with Crippen LogP contribution in [0.4, 0.5) is 0 Å². The van der Waals surface area contributed by atoms with Crippen molar-refractivity contribution >= 4 is 16.8 Å². The van der Waals surface area contributed by atoms with E-state index in [-0.39, 0.29) is 11.8 Å². The van der Waals surface area contributed by atoms with Crippen LogP contribution in [0.15, 0.2) is 60.7 Å². The third kappa shape index (κ3) is 3.98.